The maximum atomic E-state index is 12.1. The van der Waals surface area contributed by atoms with Crippen LogP contribution in [0.4, 0.5) is 4.79 Å². The second-order valence-corrected chi connectivity index (χ2v) is 5.73. The molecule has 23 heavy (non-hydrogen) atoms. The highest BCUT2D eigenvalue weighted by atomic mass is 16.3. The summed E-state index contributed by atoms with van der Waals surface area (Å²) in [5.41, 5.74) is 4.47. The van der Waals surface area contributed by atoms with E-state index in [1.54, 1.807) is 0 Å². The van der Waals surface area contributed by atoms with Crippen LogP contribution in [0.3, 0.4) is 0 Å². The quantitative estimate of drug-likeness (QED) is 0.767. The molecule has 0 radical (unpaired) electrons. The van der Waals surface area contributed by atoms with Crippen molar-refractivity contribution in [3.8, 4) is 0 Å². The van der Waals surface area contributed by atoms with Crippen LogP contribution in [0.1, 0.15) is 34.7 Å². The van der Waals surface area contributed by atoms with Gasteiger partial charge in [0.2, 0.25) is 0 Å². The molecular weight excluding hydrogens is 288 g/mol. The van der Waals surface area contributed by atoms with Gasteiger partial charge in [-0.1, -0.05) is 54.1 Å². The molecule has 0 saturated heterocycles. The number of aliphatic hydroxyl groups is 1. The lowest BCUT2D eigenvalue weighted by atomic mass is 10.0. The fraction of sp³-hybridized carbons (Fsp3) is 0.316. The van der Waals surface area contributed by atoms with Crippen LogP contribution in [0.2, 0.25) is 0 Å². The molecule has 0 aliphatic carbocycles. The maximum absolute atomic E-state index is 12.1. The minimum absolute atomic E-state index is 0.0247. The molecule has 0 bridgehead atoms. The van der Waals surface area contributed by atoms with Gasteiger partial charge in [-0.05, 0) is 37.0 Å². The average Bonchev–Trinajstić information content (AvgIpc) is 2.54. The predicted molar refractivity (Wildman–Crippen MR) is 92.2 cm³/mol. The van der Waals surface area contributed by atoms with E-state index in [1.165, 1.54) is 11.1 Å². The van der Waals surface area contributed by atoms with Crippen LogP contribution in [0, 0.1) is 13.8 Å². The maximum Gasteiger partial charge on any atom is 0.315 e. The Kier molecular flexibility index (Phi) is 6.18. The summed E-state index contributed by atoms with van der Waals surface area (Å²) in [5.74, 6) is 0. The summed E-state index contributed by atoms with van der Waals surface area (Å²) in [6, 6.07) is 15.4. The Morgan fingerprint density at radius 2 is 1.87 bits per heavy atom. The largest absolute Gasteiger partial charge is 0.396 e. The molecule has 0 unspecified atom stereocenters. The zero-order chi connectivity index (χ0) is 16.7. The molecule has 0 aliphatic rings. The number of aryl methyl sites for hydroxylation is 2. The Bertz CT molecular complexity index is 641. The van der Waals surface area contributed by atoms with Crippen molar-refractivity contribution < 1.29 is 9.90 Å². The highest BCUT2D eigenvalue weighted by Gasteiger charge is 2.13. The van der Waals surface area contributed by atoms with Gasteiger partial charge in [0.05, 0.1) is 6.04 Å². The molecular formula is C19H24N2O2. The Hall–Kier alpha value is -2.33. The number of benzene rings is 2. The Morgan fingerprint density at radius 3 is 2.52 bits per heavy atom. The first kappa shape index (κ1) is 17.0. The fourth-order valence-electron chi connectivity index (χ4n) is 2.57. The van der Waals surface area contributed by atoms with Crippen LogP contribution in [-0.2, 0) is 6.54 Å². The molecule has 4 nitrogen and oxygen atoms in total. The fourth-order valence-corrected chi connectivity index (χ4v) is 2.57. The smallest absolute Gasteiger partial charge is 0.315 e. The van der Waals surface area contributed by atoms with Crippen LogP contribution in [0.15, 0.2) is 48.5 Å². The van der Waals surface area contributed by atoms with E-state index in [-0.39, 0.29) is 18.7 Å². The van der Waals surface area contributed by atoms with Crippen molar-refractivity contribution in [1.82, 2.24) is 10.6 Å². The molecule has 2 aromatic rings. The van der Waals surface area contributed by atoms with Gasteiger partial charge < -0.3 is 15.7 Å². The molecule has 1 atom stereocenters. The molecule has 3 N–H and O–H groups in total. The minimum Gasteiger partial charge on any atom is -0.396 e. The van der Waals surface area contributed by atoms with Gasteiger partial charge in [0.15, 0.2) is 0 Å². The lowest BCUT2D eigenvalue weighted by molar-refractivity contribution is 0.229. The third kappa shape index (κ3) is 5.11. The standard InChI is InChI=1S/C19H24N2O2/c1-14-8-9-17(15(2)12-14)13-20-19(23)21-18(10-11-22)16-6-4-3-5-7-16/h3-9,12,18,22H,10-11,13H2,1-2H3,(H2,20,21,23)/t18-/m1/s1. The molecule has 122 valence electrons. The van der Waals surface area contributed by atoms with Gasteiger partial charge in [0.25, 0.3) is 0 Å². The van der Waals surface area contributed by atoms with E-state index in [9.17, 15) is 9.90 Å². The third-order valence-corrected chi connectivity index (χ3v) is 3.86. The molecule has 0 heterocycles. The number of nitrogens with one attached hydrogen (secondary N) is 2. The van der Waals surface area contributed by atoms with Crippen LogP contribution in [-0.4, -0.2) is 17.7 Å². The summed E-state index contributed by atoms with van der Waals surface area (Å²) in [5, 5.41) is 15.0. The molecule has 2 amide bonds. The number of carbonyl (C=O) groups excluding carboxylic acids is 1. The summed E-state index contributed by atoms with van der Waals surface area (Å²) in [6.07, 6.45) is 0.487. The van der Waals surface area contributed by atoms with Gasteiger partial charge in [-0.15, -0.1) is 0 Å². The molecule has 0 spiro atoms. The van der Waals surface area contributed by atoms with E-state index < -0.39 is 0 Å². The first-order chi connectivity index (χ1) is 11.1. The minimum atomic E-state index is -0.229. The van der Waals surface area contributed by atoms with Crippen molar-refractivity contribution in [2.24, 2.45) is 0 Å². The van der Waals surface area contributed by atoms with Crippen molar-refractivity contribution in [2.45, 2.75) is 32.9 Å². The summed E-state index contributed by atoms with van der Waals surface area (Å²) in [4.78, 5) is 12.1. The highest BCUT2D eigenvalue weighted by molar-refractivity contribution is 5.74. The van der Waals surface area contributed by atoms with Crippen molar-refractivity contribution in [3.63, 3.8) is 0 Å². The van der Waals surface area contributed by atoms with Crippen molar-refractivity contribution in [2.75, 3.05) is 6.61 Å². The van der Waals surface area contributed by atoms with E-state index in [0.717, 1.165) is 11.1 Å². The normalized spacial score (nSPS) is 11.8. The van der Waals surface area contributed by atoms with Gasteiger partial charge in [0, 0.05) is 13.2 Å². The summed E-state index contributed by atoms with van der Waals surface area (Å²) in [6.45, 7) is 4.60. The number of urea groups is 1. The van der Waals surface area contributed by atoms with Crippen molar-refractivity contribution in [3.05, 3.63) is 70.8 Å². The predicted octanol–water partition coefficient (Wildman–Crippen LogP) is 3.23. The zero-order valence-corrected chi connectivity index (χ0v) is 13.7. The van der Waals surface area contributed by atoms with Crippen LogP contribution in [0.5, 0.6) is 0 Å². The lowest BCUT2D eigenvalue weighted by Gasteiger charge is -2.19. The van der Waals surface area contributed by atoms with Gasteiger partial charge in [-0.25, -0.2) is 4.79 Å². The first-order valence-corrected chi connectivity index (χ1v) is 7.86. The molecule has 0 aromatic heterocycles. The summed E-state index contributed by atoms with van der Waals surface area (Å²) in [7, 11) is 0. The molecule has 0 aliphatic heterocycles. The van der Waals surface area contributed by atoms with Gasteiger partial charge in [0.1, 0.15) is 0 Å². The molecule has 2 rings (SSSR count). The Morgan fingerprint density at radius 1 is 1.13 bits per heavy atom. The molecule has 0 saturated carbocycles. The topological polar surface area (TPSA) is 61.4 Å². The zero-order valence-electron chi connectivity index (χ0n) is 13.7. The van der Waals surface area contributed by atoms with E-state index in [2.05, 4.69) is 23.6 Å². The Labute approximate surface area is 137 Å². The number of aliphatic hydroxyl groups excluding tert-OH is 1. The third-order valence-electron chi connectivity index (χ3n) is 3.86. The highest BCUT2D eigenvalue weighted by Crippen LogP contribution is 2.16. The van der Waals surface area contributed by atoms with Gasteiger partial charge >= 0.3 is 6.03 Å². The van der Waals surface area contributed by atoms with Crippen LogP contribution >= 0.6 is 0 Å². The van der Waals surface area contributed by atoms with Crippen molar-refractivity contribution in [1.29, 1.82) is 0 Å². The lowest BCUT2D eigenvalue weighted by Crippen LogP contribution is -2.38. The summed E-state index contributed by atoms with van der Waals surface area (Å²) >= 11 is 0. The van der Waals surface area contributed by atoms with Crippen LogP contribution < -0.4 is 10.6 Å². The average molecular weight is 312 g/mol. The van der Waals surface area contributed by atoms with Gasteiger partial charge in [-0.3, -0.25) is 0 Å². The van der Waals surface area contributed by atoms with Crippen LogP contribution in [0.25, 0.3) is 0 Å². The number of hydrogen-bond donors (Lipinski definition) is 3. The number of amides is 2. The Balaban J connectivity index is 1.94. The number of hydrogen-bond acceptors (Lipinski definition) is 2. The van der Waals surface area contributed by atoms with E-state index in [0.29, 0.717) is 13.0 Å². The summed E-state index contributed by atoms with van der Waals surface area (Å²) < 4.78 is 0. The first-order valence-electron chi connectivity index (χ1n) is 7.86. The molecule has 2 aromatic carbocycles. The molecule has 4 heteroatoms. The number of rotatable bonds is 6. The van der Waals surface area contributed by atoms with Crippen molar-refractivity contribution >= 4 is 6.03 Å². The van der Waals surface area contributed by atoms with E-state index in [4.69, 9.17) is 0 Å². The monoisotopic (exact) mass is 312 g/mol. The number of carbonyl (C=O) groups is 1. The molecule has 0 fully saturated rings. The SMILES string of the molecule is Cc1ccc(CNC(=O)N[C@H](CCO)c2ccccc2)c(C)c1. The van der Waals surface area contributed by atoms with E-state index >= 15 is 0 Å². The van der Waals surface area contributed by atoms with E-state index in [1.807, 2.05) is 49.4 Å². The second kappa shape index (κ2) is 8.34. The second-order valence-electron chi connectivity index (χ2n) is 5.73. The van der Waals surface area contributed by atoms with Gasteiger partial charge in [-0.2, -0.15) is 0 Å².